The van der Waals surface area contributed by atoms with Crippen LogP contribution in [0.25, 0.3) is 0 Å². The van der Waals surface area contributed by atoms with Crippen molar-refractivity contribution < 1.29 is 9.05 Å². The summed E-state index contributed by atoms with van der Waals surface area (Å²) in [5.74, 6) is 0. The van der Waals surface area contributed by atoms with E-state index in [1.165, 1.54) is 0 Å². The first-order valence-corrected chi connectivity index (χ1v) is 3.44. The lowest BCUT2D eigenvalue weighted by molar-refractivity contribution is 0.0493. The van der Waals surface area contributed by atoms with E-state index in [2.05, 4.69) is 13.8 Å². The molecule has 1 fully saturated rings. The van der Waals surface area contributed by atoms with Crippen LogP contribution in [0.15, 0.2) is 0 Å². The highest BCUT2D eigenvalue weighted by Gasteiger charge is 2.22. The normalized spacial score (nSPS) is 30.8. The topological polar surface area (TPSA) is 18.5 Å². The van der Waals surface area contributed by atoms with Crippen molar-refractivity contribution in [3.05, 3.63) is 0 Å². The summed E-state index contributed by atoms with van der Waals surface area (Å²) < 4.78 is 10.2. The minimum Gasteiger partial charge on any atom is -0.327 e. The molecule has 0 saturated carbocycles. The van der Waals surface area contributed by atoms with E-state index in [4.69, 9.17) is 9.05 Å². The van der Waals surface area contributed by atoms with E-state index in [9.17, 15) is 0 Å². The zero-order valence-electron chi connectivity index (χ0n) is 5.18. The van der Waals surface area contributed by atoms with Crippen molar-refractivity contribution in [3.63, 3.8) is 0 Å². The van der Waals surface area contributed by atoms with Gasteiger partial charge in [-0.05, 0) is 13.8 Å². The third kappa shape index (κ3) is 1.70. The highest BCUT2D eigenvalue weighted by Crippen LogP contribution is 2.31. The fraction of sp³-hybridized carbons (Fsp3) is 1.00. The van der Waals surface area contributed by atoms with Crippen LogP contribution in [-0.2, 0) is 9.05 Å². The van der Waals surface area contributed by atoms with Gasteiger partial charge in [-0.25, -0.2) is 0 Å². The molecule has 1 heterocycles. The lowest BCUT2D eigenvalue weighted by Crippen LogP contribution is -2.25. The second-order valence-corrected chi connectivity index (χ2v) is 3.10. The molecule has 0 bridgehead atoms. The highest BCUT2D eigenvalue weighted by atomic mass is 31.1. The Morgan fingerprint density at radius 3 is 2.50 bits per heavy atom. The Morgan fingerprint density at radius 1 is 1.50 bits per heavy atom. The van der Waals surface area contributed by atoms with Gasteiger partial charge in [-0.15, -0.1) is 0 Å². The molecule has 1 aliphatic heterocycles. The van der Waals surface area contributed by atoms with Gasteiger partial charge in [0, 0.05) is 6.42 Å². The molecule has 0 spiro atoms. The van der Waals surface area contributed by atoms with Crippen LogP contribution >= 0.6 is 9.03 Å². The van der Waals surface area contributed by atoms with Crippen LogP contribution in [-0.4, -0.2) is 12.2 Å². The Hall–Kier alpha value is 0.350. The molecule has 8 heavy (non-hydrogen) atoms. The van der Waals surface area contributed by atoms with Crippen molar-refractivity contribution in [1.29, 1.82) is 0 Å². The second-order valence-electron chi connectivity index (χ2n) is 2.51. The molecular weight excluding hydrogens is 123 g/mol. The van der Waals surface area contributed by atoms with Gasteiger partial charge >= 0.3 is 0 Å². The van der Waals surface area contributed by atoms with Crippen molar-refractivity contribution >= 4 is 9.03 Å². The lowest BCUT2D eigenvalue weighted by Gasteiger charge is -2.27. The molecular formula is C5H10O2P. The van der Waals surface area contributed by atoms with Crippen LogP contribution in [0.1, 0.15) is 20.3 Å². The fourth-order valence-electron chi connectivity index (χ4n) is 0.502. The summed E-state index contributed by atoms with van der Waals surface area (Å²) in [5.41, 5.74) is 0.0415. The quantitative estimate of drug-likeness (QED) is 0.470. The third-order valence-electron chi connectivity index (χ3n) is 1.13. The molecule has 0 aromatic rings. The van der Waals surface area contributed by atoms with E-state index in [0.717, 1.165) is 13.0 Å². The van der Waals surface area contributed by atoms with E-state index in [-0.39, 0.29) is 5.60 Å². The first-order valence-electron chi connectivity index (χ1n) is 2.71. The maximum atomic E-state index is 5.22. The minimum absolute atomic E-state index is 0.0415. The van der Waals surface area contributed by atoms with E-state index in [0.29, 0.717) is 9.03 Å². The molecule has 0 amide bonds. The van der Waals surface area contributed by atoms with Crippen LogP contribution in [0.4, 0.5) is 0 Å². The zero-order chi connectivity index (χ0) is 6.04. The van der Waals surface area contributed by atoms with Crippen molar-refractivity contribution in [2.24, 2.45) is 0 Å². The SMILES string of the molecule is CC1(C)CCO[P]O1. The molecule has 2 nitrogen and oxygen atoms in total. The summed E-state index contributed by atoms with van der Waals surface area (Å²) in [6.07, 6.45) is 1.00. The smallest absolute Gasteiger partial charge is 0.257 e. The standard InChI is InChI=1S/C5H10O2P/c1-5(2)3-4-6-8-7-5/h3-4H2,1-2H3. The van der Waals surface area contributed by atoms with Gasteiger partial charge in [0.1, 0.15) is 0 Å². The first-order chi connectivity index (χ1) is 3.71. The predicted octanol–water partition coefficient (Wildman–Crippen LogP) is 1.98. The van der Waals surface area contributed by atoms with Crippen LogP contribution in [0.5, 0.6) is 0 Å². The molecule has 0 aromatic carbocycles. The van der Waals surface area contributed by atoms with Crippen LogP contribution < -0.4 is 0 Å². The second kappa shape index (κ2) is 2.30. The number of hydrogen-bond donors (Lipinski definition) is 0. The number of rotatable bonds is 0. The van der Waals surface area contributed by atoms with Crippen LogP contribution in [0.2, 0.25) is 0 Å². The van der Waals surface area contributed by atoms with Crippen LogP contribution in [0.3, 0.4) is 0 Å². The summed E-state index contributed by atoms with van der Waals surface area (Å²) in [7, 11) is 0.677. The molecule has 0 unspecified atom stereocenters. The third-order valence-corrected chi connectivity index (χ3v) is 1.99. The first kappa shape index (κ1) is 6.47. The van der Waals surface area contributed by atoms with Gasteiger partial charge in [-0.3, -0.25) is 0 Å². The summed E-state index contributed by atoms with van der Waals surface area (Å²) in [5, 5.41) is 0. The molecule has 1 saturated heterocycles. The largest absolute Gasteiger partial charge is 0.327 e. The maximum absolute atomic E-state index is 5.22. The van der Waals surface area contributed by atoms with Gasteiger partial charge in [0.25, 0.3) is 9.03 Å². The van der Waals surface area contributed by atoms with E-state index >= 15 is 0 Å². The van der Waals surface area contributed by atoms with E-state index in [1.807, 2.05) is 0 Å². The molecule has 3 heteroatoms. The average Bonchev–Trinajstić information content (AvgIpc) is 1.65. The molecule has 47 valence electrons. The average molecular weight is 133 g/mol. The predicted molar refractivity (Wildman–Crippen MR) is 32.7 cm³/mol. The Labute approximate surface area is 51.5 Å². The summed E-state index contributed by atoms with van der Waals surface area (Å²) in [4.78, 5) is 0. The van der Waals surface area contributed by atoms with Crippen molar-refractivity contribution in [3.8, 4) is 0 Å². The number of hydrogen-bond acceptors (Lipinski definition) is 2. The Kier molecular flexibility index (Phi) is 1.86. The van der Waals surface area contributed by atoms with E-state index < -0.39 is 0 Å². The van der Waals surface area contributed by atoms with Gasteiger partial charge in [0.05, 0.1) is 12.2 Å². The Bertz CT molecular complexity index is 74.5. The lowest BCUT2D eigenvalue weighted by atomic mass is 10.1. The van der Waals surface area contributed by atoms with Crippen molar-refractivity contribution in [1.82, 2.24) is 0 Å². The van der Waals surface area contributed by atoms with Gasteiger partial charge in [-0.2, -0.15) is 0 Å². The summed E-state index contributed by atoms with van der Waals surface area (Å²) in [6, 6.07) is 0. The monoisotopic (exact) mass is 133 g/mol. The van der Waals surface area contributed by atoms with Crippen molar-refractivity contribution in [2.75, 3.05) is 6.61 Å². The molecule has 0 N–H and O–H groups in total. The zero-order valence-corrected chi connectivity index (χ0v) is 6.07. The van der Waals surface area contributed by atoms with Gasteiger partial charge in [-0.1, -0.05) is 0 Å². The molecule has 0 atom stereocenters. The summed E-state index contributed by atoms with van der Waals surface area (Å²) >= 11 is 0. The Morgan fingerprint density at radius 2 is 2.25 bits per heavy atom. The molecule has 1 radical (unpaired) electrons. The summed E-state index contributed by atoms with van der Waals surface area (Å²) in [6.45, 7) is 4.97. The Balaban J connectivity index is 2.33. The molecule has 0 aliphatic carbocycles. The van der Waals surface area contributed by atoms with Gasteiger partial charge in [0.15, 0.2) is 0 Å². The minimum atomic E-state index is 0.0415. The maximum Gasteiger partial charge on any atom is 0.257 e. The molecule has 0 aromatic heterocycles. The molecule has 1 rings (SSSR count). The van der Waals surface area contributed by atoms with Gasteiger partial charge < -0.3 is 9.05 Å². The van der Waals surface area contributed by atoms with Crippen LogP contribution in [0, 0.1) is 0 Å². The molecule has 1 aliphatic rings. The van der Waals surface area contributed by atoms with E-state index in [1.54, 1.807) is 0 Å². The van der Waals surface area contributed by atoms with Gasteiger partial charge in [0.2, 0.25) is 0 Å². The fourth-order valence-corrected chi connectivity index (χ4v) is 1.01. The highest BCUT2D eigenvalue weighted by molar-refractivity contribution is 7.26. The van der Waals surface area contributed by atoms with Crippen molar-refractivity contribution in [2.45, 2.75) is 25.9 Å².